The molecule has 1 unspecified atom stereocenters. The van der Waals surface area contributed by atoms with Crippen LogP contribution in [-0.2, 0) is 14.3 Å². The Labute approximate surface area is 102 Å². The summed E-state index contributed by atoms with van der Waals surface area (Å²) in [6, 6.07) is 0.339. The van der Waals surface area contributed by atoms with Gasteiger partial charge in [0.15, 0.2) is 0 Å². The third kappa shape index (κ3) is 5.48. The quantitative estimate of drug-likeness (QED) is 0.594. The zero-order valence-corrected chi connectivity index (χ0v) is 10.9. The molecule has 1 atom stereocenters. The molecule has 0 saturated heterocycles. The molecular formula is C12H23NO4. The number of carbonyl (C=O) groups is 1. The van der Waals surface area contributed by atoms with E-state index in [2.05, 4.69) is 5.32 Å². The monoisotopic (exact) mass is 245 g/mol. The summed E-state index contributed by atoms with van der Waals surface area (Å²) in [5.74, 6) is -0.867. The number of aliphatic carboxylic acids is 1. The van der Waals surface area contributed by atoms with Gasteiger partial charge in [0, 0.05) is 6.04 Å². The van der Waals surface area contributed by atoms with Gasteiger partial charge in [0.25, 0.3) is 0 Å². The van der Waals surface area contributed by atoms with E-state index in [1.807, 2.05) is 13.8 Å². The number of carboxylic acids is 1. The highest BCUT2D eigenvalue weighted by Crippen LogP contribution is 2.22. The molecule has 1 aliphatic rings. The van der Waals surface area contributed by atoms with Crippen LogP contribution in [0, 0.1) is 0 Å². The molecule has 100 valence electrons. The lowest BCUT2D eigenvalue weighted by atomic mass is 10.0. The summed E-state index contributed by atoms with van der Waals surface area (Å²) in [6.07, 6.45) is 2.28. The molecular weight excluding hydrogens is 222 g/mol. The van der Waals surface area contributed by atoms with Gasteiger partial charge in [-0.05, 0) is 33.6 Å². The number of rotatable bonds is 9. The van der Waals surface area contributed by atoms with E-state index in [9.17, 15) is 9.90 Å². The van der Waals surface area contributed by atoms with Crippen LogP contribution in [0.25, 0.3) is 0 Å². The standard InChI is InChI=1S/C12H23NO4/c1-9(2)17-7-6-16-8-12(3,11(14)15)13-10-4-5-10/h9-10,13H,4-8H2,1-3H3,(H,14,15). The van der Waals surface area contributed by atoms with Crippen molar-refractivity contribution in [1.82, 2.24) is 5.32 Å². The van der Waals surface area contributed by atoms with Crippen molar-refractivity contribution in [3.8, 4) is 0 Å². The summed E-state index contributed by atoms with van der Waals surface area (Å²) in [4.78, 5) is 11.2. The predicted molar refractivity (Wildman–Crippen MR) is 64.1 cm³/mol. The Morgan fingerprint density at radius 1 is 1.47 bits per heavy atom. The molecule has 1 rings (SSSR count). The molecule has 0 spiro atoms. The molecule has 0 aliphatic heterocycles. The van der Waals surface area contributed by atoms with Gasteiger partial charge in [-0.25, -0.2) is 0 Å². The molecule has 0 radical (unpaired) electrons. The summed E-state index contributed by atoms with van der Waals surface area (Å²) >= 11 is 0. The van der Waals surface area contributed by atoms with Gasteiger partial charge in [-0.2, -0.15) is 0 Å². The van der Waals surface area contributed by atoms with Crippen LogP contribution in [0.1, 0.15) is 33.6 Å². The Balaban J connectivity index is 2.21. The fourth-order valence-corrected chi connectivity index (χ4v) is 1.46. The van der Waals surface area contributed by atoms with Gasteiger partial charge in [-0.1, -0.05) is 0 Å². The van der Waals surface area contributed by atoms with E-state index in [0.29, 0.717) is 19.3 Å². The lowest BCUT2D eigenvalue weighted by molar-refractivity contribution is -0.147. The van der Waals surface area contributed by atoms with Crippen LogP contribution in [-0.4, -0.2) is 48.6 Å². The number of hydrogen-bond donors (Lipinski definition) is 2. The minimum absolute atomic E-state index is 0.167. The van der Waals surface area contributed by atoms with Gasteiger partial charge >= 0.3 is 5.97 Å². The lowest BCUT2D eigenvalue weighted by Gasteiger charge is -2.26. The Hall–Kier alpha value is -0.650. The third-order valence-corrected chi connectivity index (χ3v) is 2.64. The molecule has 2 N–H and O–H groups in total. The maximum atomic E-state index is 11.2. The van der Waals surface area contributed by atoms with Gasteiger partial charge < -0.3 is 14.6 Å². The average molecular weight is 245 g/mol. The molecule has 0 heterocycles. The average Bonchev–Trinajstić information content (AvgIpc) is 3.00. The van der Waals surface area contributed by atoms with Crippen molar-refractivity contribution in [2.24, 2.45) is 0 Å². The first kappa shape index (κ1) is 14.4. The molecule has 1 saturated carbocycles. The first-order valence-corrected chi connectivity index (χ1v) is 6.14. The fraction of sp³-hybridized carbons (Fsp3) is 0.917. The van der Waals surface area contributed by atoms with Crippen LogP contribution in [0.15, 0.2) is 0 Å². The van der Waals surface area contributed by atoms with Gasteiger partial charge in [0.2, 0.25) is 0 Å². The molecule has 17 heavy (non-hydrogen) atoms. The molecule has 1 aliphatic carbocycles. The van der Waals surface area contributed by atoms with Crippen molar-refractivity contribution >= 4 is 5.97 Å². The van der Waals surface area contributed by atoms with E-state index in [1.165, 1.54) is 0 Å². The van der Waals surface area contributed by atoms with Crippen molar-refractivity contribution in [3.63, 3.8) is 0 Å². The van der Waals surface area contributed by atoms with Gasteiger partial charge in [-0.15, -0.1) is 0 Å². The highest BCUT2D eigenvalue weighted by atomic mass is 16.5. The Kier molecular flexibility index (Phi) is 5.36. The summed E-state index contributed by atoms with van der Waals surface area (Å²) in [5.41, 5.74) is -0.987. The Bertz CT molecular complexity index is 253. The van der Waals surface area contributed by atoms with Crippen LogP contribution >= 0.6 is 0 Å². The maximum absolute atomic E-state index is 11.2. The first-order valence-electron chi connectivity index (χ1n) is 6.14. The van der Waals surface area contributed by atoms with Crippen LogP contribution in [0.5, 0.6) is 0 Å². The van der Waals surface area contributed by atoms with E-state index >= 15 is 0 Å². The minimum atomic E-state index is -0.987. The highest BCUT2D eigenvalue weighted by molar-refractivity contribution is 5.78. The smallest absolute Gasteiger partial charge is 0.326 e. The third-order valence-electron chi connectivity index (χ3n) is 2.64. The predicted octanol–water partition coefficient (Wildman–Crippen LogP) is 1.02. The molecule has 1 fully saturated rings. The molecule has 0 amide bonds. The summed E-state index contributed by atoms with van der Waals surface area (Å²) in [6.45, 7) is 6.66. The normalized spacial score (nSPS) is 19.3. The summed E-state index contributed by atoms with van der Waals surface area (Å²) in [7, 11) is 0. The molecule has 0 aromatic rings. The molecule has 5 nitrogen and oxygen atoms in total. The van der Waals surface area contributed by atoms with Gasteiger partial charge in [0.1, 0.15) is 5.54 Å². The van der Waals surface area contributed by atoms with Crippen LogP contribution in [0.2, 0.25) is 0 Å². The largest absolute Gasteiger partial charge is 0.480 e. The van der Waals surface area contributed by atoms with E-state index in [-0.39, 0.29) is 12.7 Å². The Morgan fingerprint density at radius 3 is 2.59 bits per heavy atom. The van der Waals surface area contributed by atoms with Crippen molar-refractivity contribution in [2.45, 2.75) is 51.3 Å². The Morgan fingerprint density at radius 2 is 2.12 bits per heavy atom. The maximum Gasteiger partial charge on any atom is 0.326 e. The van der Waals surface area contributed by atoms with E-state index in [1.54, 1.807) is 6.92 Å². The number of ether oxygens (including phenoxy) is 2. The zero-order valence-electron chi connectivity index (χ0n) is 10.9. The number of hydrogen-bond acceptors (Lipinski definition) is 4. The van der Waals surface area contributed by atoms with Crippen LogP contribution in [0.4, 0.5) is 0 Å². The highest BCUT2D eigenvalue weighted by Gasteiger charge is 2.38. The SMILES string of the molecule is CC(C)OCCOCC(C)(NC1CC1)C(=O)O. The minimum Gasteiger partial charge on any atom is -0.480 e. The van der Waals surface area contributed by atoms with Crippen molar-refractivity contribution < 1.29 is 19.4 Å². The van der Waals surface area contributed by atoms with Crippen molar-refractivity contribution in [3.05, 3.63) is 0 Å². The first-order chi connectivity index (χ1) is 7.94. The van der Waals surface area contributed by atoms with Gasteiger partial charge in [-0.3, -0.25) is 10.1 Å². The topological polar surface area (TPSA) is 67.8 Å². The number of carboxylic acid groups (broad SMARTS) is 1. The molecule has 5 heteroatoms. The second-order valence-corrected chi connectivity index (χ2v) is 5.03. The van der Waals surface area contributed by atoms with Crippen LogP contribution in [0.3, 0.4) is 0 Å². The van der Waals surface area contributed by atoms with Crippen molar-refractivity contribution in [2.75, 3.05) is 19.8 Å². The van der Waals surface area contributed by atoms with E-state index in [4.69, 9.17) is 9.47 Å². The summed E-state index contributed by atoms with van der Waals surface area (Å²) in [5, 5.41) is 12.3. The zero-order chi connectivity index (χ0) is 12.9. The second-order valence-electron chi connectivity index (χ2n) is 5.03. The summed E-state index contributed by atoms with van der Waals surface area (Å²) < 4.78 is 10.7. The van der Waals surface area contributed by atoms with Crippen LogP contribution < -0.4 is 5.32 Å². The lowest BCUT2D eigenvalue weighted by Crippen LogP contribution is -2.54. The van der Waals surface area contributed by atoms with Crippen molar-refractivity contribution in [1.29, 1.82) is 0 Å². The second kappa shape index (κ2) is 6.33. The van der Waals surface area contributed by atoms with E-state index < -0.39 is 11.5 Å². The molecule has 0 aromatic heterocycles. The van der Waals surface area contributed by atoms with Gasteiger partial charge in [0.05, 0.1) is 25.9 Å². The fourth-order valence-electron chi connectivity index (χ4n) is 1.46. The molecule has 0 aromatic carbocycles. The molecule has 0 bridgehead atoms. The van der Waals surface area contributed by atoms with E-state index in [0.717, 1.165) is 12.8 Å². The number of nitrogens with one attached hydrogen (secondary N) is 1.